The Hall–Kier alpha value is -1.43. The average Bonchev–Trinajstić information content (AvgIpc) is 2.83. The largest absolute Gasteiger partial charge is 0.345 e. The molecule has 6 nitrogen and oxygen atoms in total. The third kappa shape index (κ3) is 2.78. The van der Waals surface area contributed by atoms with Gasteiger partial charge in [0.05, 0.1) is 12.2 Å². The fraction of sp³-hybridized carbons (Fsp3) is 0.769. The summed E-state index contributed by atoms with van der Waals surface area (Å²) in [4.78, 5) is 12.2. The van der Waals surface area contributed by atoms with Gasteiger partial charge in [-0.1, -0.05) is 26.0 Å². The number of rotatable bonds is 6. The van der Waals surface area contributed by atoms with E-state index < -0.39 is 0 Å². The molecule has 0 radical (unpaired) electrons. The predicted molar refractivity (Wildman–Crippen MR) is 73.0 cm³/mol. The second-order valence-corrected chi connectivity index (χ2v) is 5.19. The summed E-state index contributed by atoms with van der Waals surface area (Å²) in [5, 5.41) is 14.3. The molecule has 1 aliphatic heterocycles. The molecule has 0 atom stereocenters. The van der Waals surface area contributed by atoms with Gasteiger partial charge in [0.1, 0.15) is 0 Å². The van der Waals surface area contributed by atoms with Crippen molar-refractivity contribution < 1.29 is 4.79 Å². The van der Waals surface area contributed by atoms with Crippen LogP contribution in [0.2, 0.25) is 0 Å². The fourth-order valence-corrected chi connectivity index (χ4v) is 2.34. The SMILES string of the molecule is CCC(CC)(CC)NC(=O)c1cn(C2CNC2)nn1. The van der Waals surface area contributed by atoms with Gasteiger partial charge < -0.3 is 10.6 Å². The summed E-state index contributed by atoms with van der Waals surface area (Å²) in [7, 11) is 0. The quantitative estimate of drug-likeness (QED) is 0.808. The smallest absolute Gasteiger partial charge is 0.273 e. The van der Waals surface area contributed by atoms with Crippen LogP contribution in [0.3, 0.4) is 0 Å². The molecule has 0 aliphatic carbocycles. The standard InChI is InChI=1S/C13H23N5O/c1-4-13(5-2,6-3)15-12(19)11-9-18(17-16-11)10-7-14-8-10/h9-10,14H,4-8H2,1-3H3,(H,15,19). The van der Waals surface area contributed by atoms with Gasteiger partial charge >= 0.3 is 0 Å². The summed E-state index contributed by atoms with van der Waals surface area (Å²) >= 11 is 0. The Balaban J connectivity index is 2.04. The van der Waals surface area contributed by atoms with Crippen LogP contribution >= 0.6 is 0 Å². The van der Waals surface area contributed by atoms with Gasteiger partial charge in [0.25, 0.3) is 5.91 Å². The van der Waals surface area contributed by atoms with Gasteiger partial charge in [-0.15, -0.1) is 5.10 Å². The van der Waals surface area contributed by atoms with Crippen LogP contribution in [0.25, 0.3) is 0 Å². The molecular formula is C13H23N5O. The molecular weight excluding hydrogens is 242 g/mol. The Labute approximate surface area is 113 Å². The van der Waals surface area contributed by atoms with Crippen molar-refractivity contribution in [3.63, 3.8) is 0 Å². The molecule has 2 N–H and O–H groups in total. The number of hydrogen-bond donors (Lipinski definition) is 2. The van der Waals surface area contributed by atoms with Crippen LogP contribution in [0.15, 0.2) is 6.20 Å². The molecule has 0 bridgehead atoms. The van der Waals surface area contributed by atoms with E-state index in [1.54, 1.807) is 10.9 Å². The van der Waals surface area contributed by atoms with E-state index in [9.17, 15) is 4.79 Å². The first-order valence-corrected chi connectivity index (χ1v) is 7.09. The van der Waals surface area contributed by atoms with Crippen LogP contribution in [0.4, 0.5) is 0 Å². The summed E-state index contributed by atoms with van der Waals surface area (Å²) < 4.78 is 1.77. The van der Waals surface area contributed by atoms with Crippen LogP contribution in [-0.4, -0.2) is 39.5 Å². The molecule has 0 unspecified atom stereocenters. The summed E-state index contributed by atoms with van der Waals surface area (Å²) in [6, 6.07) is 0.335. The van der Waals surface area contributed by atoms with Crippen LogP contribution in [0, 0.1) is 0 Å². The van der Waals surface area contributed by atoms with E-state index in [1.165, 1.54) is 0 Å². The van der Waals surface area contributed by atoms with Crippen molar-refractivity contribution in [3.05, 3.63) is 11.9 Å². The molecule has 1 aromatic rings. The lowest BCUT2D eigenvalue weighted by Gasteiger charge is -2.31. The summed E-state index contributed by atoms with van der Waals surface area (Å²) in [5.74, 6) is -0.121. The van der Waals surface area contributed by atoms with Crippen molar-refractivity contribution in [2.45, 2.75) is 51.6 Å². The maximum Gasteiger partial charge on any atom is 0.273 e. The molecule has 0 saturated carbocycles. The van der Waals surface area contributed by atoms with Crippen molar-refractivity contribution in [3.8, 4) is 0 Å². The van der Waals surface area contributed by atoms with E-state index in [0.717, 1.165) is 32.4 Å². The fourth-order valence-electron chi connectivity index (χ4n) is 2.34. The zero-order valence-corrected chi connectivity index (χ0v) is 11.9. The number of nitrogens with zero attached hydrogens (tertiary/aromatic N) is 3. The lowest BCUT2D eigenvalue weighted by Crippen LogP contribution is -2.47. The van der Waals surface area contributed by atoms with Gasteiger partial charge in [0, 0.05) is 18.6 Å². The van der Waals surface area contributed by atoms with Gasteiger partial charge in [0.15, 0.2) is 5.69 Å². The maximum absolute atomic E-state index is 12.2. The molecule has 2 rings (SSSR count). The minimum absolute atomic E-state index is 0.121. The summed E-state index contributed by atoms with van der Waals surface area (Å²) in [6.07, 6.45) is 4.51. The van der Waals surface area contributed by atoms with Gasteiger partial charge in [-0.25, -0.2) is 4.68 Å². The highest BCUT2D eigenvalue weighted by molar-refractivity contribution is 5.92. The zero-order chi connectivity index (χ0) is 13.9. The van der Waals surface area contributed by atoms with Crippen molar-refractivity contribution in [1.82, 2.24) is 25.6 Å². The molecule has 0 spiro atoms. The van der Waals surface area contributed by atoms with Crippen LogP contribution < -0.4 is 10.6 Å². The molecule has 6 heteroatoms. The highest BCUT2D eigenvalue weighted by Crippen LogP contribution is 2.20. The molecule has 1 aromatic heterocycles. The third-order valence-electron chi connectivity index (χ3n) is 4.29. The minimum Gasteiger partial charge on any atom is -0.345 e. The monoisotopic (exact) mass is 265 g/mol. The molecule has 19 heavy (non-hydrogen) atoms. The normalized spacial score (nSPS) is 16.2. The van der Waals surface area contributed by atoms with Crippen molar-refractivity contribution in [2.75, 3.05) is 13.1 Å². The minimum atomic E-state index is -0.126. The van der Waals surface area contributed by atoms with E-state index in [0.29, 0.717) is 11.7 Å². The molecule has 1 amide bonds. The van der Waals surface area contributed by atoms with Crippen molar-refractivity contribution >= 4 is 5.91 Å². The number of hydrogen-bond acceptors (Lipinski definition) is 4. The highest BCUT2D eigenvalue weighted by Gasteiger charge is 2.28. The van der Waals surface area contributed by atoms with Crippen molar-refractivity contribution in [1.29, 1.82) is 0 Å². The predicted octanol–water partition coefficient (Wildman–Crippen LogP) is 1.12. The number of amides is 1. The van der Waals surface area contributed by atoms with Crippen LogP contribution in [0.1, 0.15) is 56.6 Å². The first kappa shape index (κ1) is 14.0. The van der Waals surface area contributed by atoms with Gasteiger partial charge in [0.2, 0.25) is 0 Å². The second-order valence-electron chi connectivity index (χ2n) is 5.19. The van der Waals surface area contributed by atoms with Crippen LogP contribution in [-0.2, 0) is 0 Å². The summed E-state index contributed by atoms with van der Waals surface area (Å²) in [5.41, 5.74) is 0.283. The van der Waals surface area contributed by atoms with E-state index in [2.05, 4.69) is 41.7 Å². The molecule has 0 aromatic carbocycles. The Morgan fingerprint density at radius 1 is 1.42 bits per heavy atom. The topological polar surface area (TPSA) is 71.8 Å². The number of nitrogens with one attached hydrogen (secondary N) is 2. The zero-order valence-electron chi connectivity index (χ0n) is 11.9. The molecule has 1 saturated heterocycles. The lowest BCUT2D eigenvalue weighted by atomic mass is 9.89. The first-order chi connectivity index (χ1) is 9.14. The van der Waals surface area contributed by atoms with Crippen LogP contribution in [0.5, 0.6) is 0 Å². The first-order valence-electron chi connectivity index (χ1n) is 7.09. The lowest BCUT2D eigenvalue weighted by molar-refractivity contribution is 0.0883. The Kier molecular flexibility index (Phi) is 4.19. The molecule has 2 heterocycles. The number of carbonyl (C=O) groups excluding carboxylic acids is 1. The summed E-state index contributed by atoms with van der Waals surface area (Å²) in [6.45, 7) is 8.10. The van der Waals surface area contributed by atoms with E-state index in [4.69, 9.17) is 0 Å². The van der Waals surface area contributed by atoms with Gasteiger partial charge in [-0.3, -0.25) is 4.79 Å². The average molecular weight is 265 g/mol. The molecule has 1 aliphatic rings. The second kappa shape index (κ2) is 5.69. The number of aromatic nitrogens is 3. The third-order valence-corrected chi connectivity index (χ3v) is 4.29. The van der Waals surface area contributed by atoms with E-state index >= 15 is 0 Å². The van der Waals surface area contributed by atoms with E-state index in [1.807, 2.05) is 0 Å². The number of carbonyl (C=O) groups is 1. The van der Waals surface area contributed by atoms with Crippen molar-refractivity contribution in [2.24, 2.45) is 0 Å². The molecule has 106 valence electrons. The van der Waals surface area contributed by atoms with Gasteiger partial charge in [-0.2, -0.15) is 0 Å². The maximum atomic E-state index is 12.2. The Morgan fingerprint density at radius 3 is 2.53 bits per heavy atom. The highest BCUT2D eigenvalue weighted by atomic mass is 16.2. The van der Waals surface area contributed by atoms with E-state index in [-0.39, 0.29) is 11.4 Å². The van der Waals surface area contributed by atoms with Gasteiger partial charge in [-0.05, 0) is 19.3 Å². The molecule has 1 fully saturated rings. The Bertz CT molecular complexity index is 426. The Morgan fingerprint density at radius 2 is 2.05 bits per heavy atom.